The number of hydrogen-bond donors (Lipinski definition) is 0. The van der Waals surface area contributed by atoms with E-state index in [9.17, 15) is 9.59 Å². The van der Waals surface area contributed by atoms with Gasteiger partial charge in [-0.3, -0.25) is 18.3 Å². The molecule has 1 unspecified atom stereocenters. The molecule has 1 atom stereocenters. The number of halogens is 1. The highest BCUT2D eigenvalue weighted by atomic mass is 35.5. The summed E-state index contributed by atoms with van der Waals surface area (Å²) in [4.78, 5) is 30.8. The summed E-state index contributed by atoms with van der Waals surface area (Å²) < 4.78 is 6.57. The van der Waals surface area contributed by atoms with Gasteiger partial charge < -0.3 is 4.57 Å². The van der Waals surface area contributed by atoms with Crippen LogP contribution in [0.3, 0.4) is 0 Å². The highest BCUT2D eigenvalue weighted by Crippen LogP contribution is 2.22. The molecule has 7 nitrogen and oxygen atoms in total. The summed E-state index contributed by atoms with van der Waals surface area (Å²) in [5.41, 5.74) is 1.86. The molecule has 3 heterocycles. The van der Waals surface area contributed by atoms with Crippen LogP contribution in [0.5, 0.6) is 0 Å². The zero-order valence-corrected chi connectivity index (χ0v) is 17.1. The van der Waals surface area contributed by atoms with Crippen molar-refractivity contribution >= 4 is 28.5 Å². The molecule has 146 valence electrons. The number of fused-ring (bicyclic) bond motifs is 3. The van der Waals surface area contributed by atoms with Crippen molar-refractivity contribution in [3.63, 3.8) is 0 Å². The Morgan fingerprint density at radius 1 is 1.25 bits per heavy atom. The lowest BCUT2D eigenvalue weighted by molar-refractivity contribution is 0.532. The second-order valence-corrected chi connectivity index (χ2v) is 7.65. The number of aryl methyl sites for hydroxylation is 2. The molecule has 8 heteroatoms. The topological polar surface area (TPSA) is 66.2 Å². The third-order valence-electron chi connectivity index (χ3n) is 5.33. The van der Waals surface area contributed by atoms with Crippen LogP contribution in [0, 0.1) is 6.92 Å². The Hall–Kier alpha value is -2.80. The van der Waals surface area contributed by atoms with E-state index in [4.69, 9.17) is 11.6 Å². The number of nitrogens with zero attached hydrogens (tertiary/aromatic N) is 5. The standard InChI is InChI=1S/C20H22ClN5O2/c1-5-12(2)26-13(3)10-24-16-17(22-19(24)26)23(4)20(28)25(18(16)27)11-14-7-6-8-15(21)9-14/h6-10,12H,5,11H2,1-4H3. The lowest BCUT2D eigenvalue weighted by atomic mass is 10.2. The minimum atomic E-state index is -0.398. The molecular weight excluding hydrogens is 378 g/mol. The van der Waals surface area contributed by atoms with Crippen LogP contribution in [0.2, 0.25) is 5.02 Å². The van der Waals surface area contributed by atoms with Crippen molar-refractivity contribution in [2.24, 2.45) is 7.05 Å². The molecule has 0 aliphatic carbocycles. The summed E-state index contributed by atoms with van der Waals surface area (Å²) in [7, 11) is 1.64. The molecule has 28 heavy (non-hydrogen) atoms. The fraction of sp³-hybridized carbons (Fsp3) is 0.350. The van der Waals surface area contributed by atoms with Crippen molar-refractivity contribution < 1.29 is 0 Å². The predicted molar refractivity (Wildman–Crippen MR) is 110 cm³/mol. The van der Waals surface area contributed by atoms with E-state index in [1.54, 1.807) is 29.6 Å². The largest absolute Gasteiger partial charge is 0.332 e. The van der Waals surface area contributed by atoms with Gasteiger partial charge >= 0.3 is 5.69 Å². The van der Waals surface area contributed by atoms with Gasteiger partial charge in [-0.2, -0.15) is 4.98 Å². The van der Waals surface area contributed by atoms with Gasteiger partial charge in [-0.05, 0) is 38.0 Å². The molecule has 0 saturated carbocycles. The van der Waals surface area contributed by atoms with E-state index in [0.29, 0.717) is 22.0 Å². The van der Waals surface area contributed by atoms with Crippen molar-refractivity contribution in [2.45, 2.75) is 39.8 Å². The summed E-state index contributed by atoms with van der Waals surface area (Å²) >= 11 is 6.05. The van der Waals surface area contributed by atoms with Gasteiger partial charge in [0.1, 0.15) is 0 Å². The van der Waals surface area contributed by atoms with Crippen molar-refractivity contribution in [3.8, 4) is 0 Å². The minimum Gasteiger partial charge on any atom is -0.311 e. The van der Waals surface area contributed by atoms with Gasteiger partial charge in [-0.25, -0.2) is 4.79 Å². The summed E-state index contributed by atoms with van der Waals surface area (Å²) in [5, 5.41) is 0.566. The Bertz CT molecular complexity index is 1320. The fourth-order valence-electron chi connectivity index (χ4n) is 3.71. The molecule has 0 radical (unpaired) electrons. The molecule has 3 aromatic heterocycles. The van der Waals surface area contributed by atoms with Gasteiger partial charge in [0.15, 0.2) is 11.2 Å². The molecular formula is C20H22ClN5O2. The highest BCUT2D eigenvalue weighted by molar-refractivity contribution is 6.30. The molecule has 0 N–H and O–H groups in total. The Balaban J connectivity index is 2.02. The second kappa shape index (κ2) is 6.67. The Kier molecular flexibility index (Phi) is 4.42. The Labute approximate surface area is 166 Å². The third kappa shape index (κ3) is 2.69. The molecule has 0 fully saturated rings. The van der Waals surface area contributed by atoms with Crippen LogP contribution in [0.4, 0.5) is 0 Å². The van der Waals surface area contributed by atoms with Crippen LogP contribution in [0.1, 0.15) is 37.6 Å². The zero-order valence-electron chi connectivity index (χ0n) is 16.3. The summed E-state index contributed by atoms with van der Waals surface area (Å²) in [5.74, 6) is 0.675. The van der Waals surface area contributed by atoms with E-state index in [0.717, 1.165) is 17.7 Å². The van der Waals surface area contributed by atoms with Gasteiger partial charge in [0.25, 0.3) is 5.56 Å². The number of rotatable bonds is 4. The van der Waals surface area contributed by atoms with Crippen LogP contribution in [-0.4, -0.2) is 23.1 Å². The van der Waals surface area contributed by atoms with Crippen LogP contribution in [0.15, 0.2) is 40.1 Å². The van der Waals surface area contributed by atoms with Crippen LogP contribution in [-0.2, 0) is 13.6 Å². The minimum absolute atomic E-state index is 0.153. The van der Waals surface area contributed by atoms with Gasteiger partial charge in [0.05, 0.1) is 6.54 Å². The van der Waals surface area contributed by atoms with Crippen molar-refractivity contribution in [1.29, 1.82) is 0 Å². The molecule has 0 saturated heterocycles. The van der Waals surface area contributed by atoms with E-state index in [-0.39, 0.29) is 18.1 Å². The van der Waals surface area contributed by atoms with E-state index < -0.39 is 5.69 Å². The molecule has 0 aliphatic rings. The lowest BCUT2D eigenvalue weighted by Crippen LogP contribution is -2.39. The molecule has 0 spiro atoms. The first kappa shape index (κ1) is 18.6. The van der Waals surface area contributed by atoms with Gasteiger partial charge in [0, 0.05) is 30.0 Å². The highest BCUT2D eigenvalue weighted by Gasteiger charge is 2.21. The van der Waals surface area contributed by atoms with Gasteiger partial charge in [-0.15, -0.1) is 0 Å². The average Bonchev–Trinajstić information content (AvgIpc) is 3.17. The normalized spacial score (nSPS) is 12.9. The van der Waals surface area contributed by atoms with Gasteiger partial charge in [0.2, 0.25) is 5.78 Å². The molecule has 4 rings (SSSR count). The molecule has 1 aromatic carbocycles. The number of imidazole rings is 2. The van der Waals surface area contributed by atoms with Crippen LogP contribution < -0.4 is 11.2 Å². The van der Waals surface area contributed by atoms with E-state index in [1.165, 1.54) is 9.13 Å². The van der Waals surface area contributed by atoms with Crippen molar-refractivity contribution in [3.05, 3.63) is 67.6 Å². The summed E-state index contributed by atoms with van der Waals surface area (Å²) in [6.07, 6.45) is 2.85. The van der Waals surface area contributed by atoms with Crippen LogP contribution >= 0.6 is 11.6 Å². The molecule has 0 aliphatic heterocycles. The first-order valence-electron chi connectivity index (χ1n) is 9.27. The lowest BCUT2D eigenvalue weighted by Gasteiger charge is -2.12. The smallest absolute Gasteiger partial charge is 0.311 e. The molecule has 0 amide bonds. The maximum atomic E-state index is 13.3. The number of hydrogen-bond acceptors (Lipinski definition) is 3. The Morgan fingerprint density at radius 2 is 2.00 bits per heavy atom. The Morgan fingerprint density at radius 3 is 2.68 bits per heavy atom. The van der Waals surface area contributed by atoms with Crippen molar-refractivity contribution in [2.75, 3.05) is 0 Å². The number of aromatic nitrogens is 5. The number of benzene rings is 1. The quantitative estimate of drug-likeness (QED) is 0.529. The predicted octanol–water partition coefficient (Wildman–Crippen LogP) is 3.13. The first-order chi connectivity index (χ1) is 13.3. The zero-order chi connectivity index (χ0) is 20.2. The monoisotopic (exact) mass is 399 g/mol. The second-order valence-electron chi connectivity index (χ2n) is 7.21. The SMILES string of the molecule is CCC(C)n1c(C)cn2c3c(=O)n(Cc4cccc(Cl)c4)c(=O)n(C)c3nc12. The average molecular weight is 400 g/mol. The summed E-state index contributed by atoms with van der Waals surface area (Å²) in [6.45, 7) is 6.37. The maximum absolute atomic E-state index is 13.3. The van der Waals surface area contributed by atoms with E-state index in [2.05, 4.69) is 23.4 Å². The summed E-state index contributed by atoms with van der Waals surface area (Å²) in [6, 6.07) is 7.40. The first-order valence-corrected chi connectivity index (χ1v) is 9.65. The van der Waals surface area contributed by atoms with Crippen LogP contribution in [0.25, 0.3) is 16.9 Å². The molecule has 0 bridgehead atoms. The van der Waals surface area contributed by atoms with E-state index in [1.807, 2.05) is 19.2 Å². The van der Waals surface area contributed by atoms with E-state index >= 15 is 0 Å². The van der Waals surface area contributed by atoms with Crippen molar-refractivity contribution in [1.82, 2.24) is 23.1 Å². The van der Waals surface area contributed by atoms with Gasteiger partial charge in [-0.1, -0.05) is 30.7 Å². The molecule has 4 aromatic rings. The maximum Gasteiger partial charge on any atom is 0.332 e. The third-order valence-corrected chi connectivity index (χ3v) is 5.57. The fourth-order valence-corrected chi connectivity index (χ4v) is 3.92.